The molecule has 0 heterocycles. The van der Waals surface area contributed by atoms with Gasteiger partial charge in [-0.05, 0) is 42.5 Å². The predicted octanol–water partition coefficient (Wildman–Crippen LogP) is 3.92. The summed E-state index contributed by atoms with van der Waals surface area (Å²) in [5.74, 6) is -2.37. The normalized spacial score (nSPS) is 10.9. The number of halogens is 5. The van der Waals surface area contributed by atoms with Crippen LogP contribution < -0.4 is 10.6 Å². The summed E-state index contributed by atoms with van der Waals surface area (Å²) in [6.45, 7) is -1.29. The largest absolute Gasteiger partial charge is 0.454 e. The van der Waals surface area contributed by atoms with Crippen LogP contribution in [0.25, 0.3) is 0 Å². The molecule has 0 aromatic heterocycles. The molecule has 0 unspecified atom stereocenters. The zero-order valence-electron chi connectivity index (χ0n) is 14.5. The average molecular weight is 449 g/mol. The highest BCUT2D eigenvalue weighted by molar-refractivity contribution is 6.33. The van der Waals surface area contributed by atoms with Gasteiger partial charge in [-0.1, -0.05) is 23.2 Å². The minimum absolute atomic E-state index is 0.118. The van der Waals surface area contributed by atoms with Crippen molar-refractivity contribution < 1.29 is 32.3 Å². The van der Waals surface area contributed by atoms with Crippen molar-refractivity contribution in [1.82, 2.24) is 5.32 Å². The maximum absolute atomic E-state index is 12.7. The number of anilines is 1. The van der Waals surface area contributed by atoms with Gasteiger partial charge in [-0.15, -0.1) is 0 Å². The number of hydrogen-bond donors (Lipinski definition) is 2. The Hall–Kier alpha value is -2.78. The van der Waals surface area contributed by atoms with Crippen molar-refractivity contribution in [3.8, 4) is 0 Å². The van der Waals surface area contributed by atoms with Crippen molar-refractivity contribution in [2.75, 3.05) is 18.5 Å². The Morgan fingerprint density at radius 1 is 1.00 bits per heavy atom. The Kier molecular flexibility index (Phi) is 7.46. The first-order valence-corrected chi connectivity index (χ1v) is 8.68. The zero-order valence-corrected chi connectivity index (χ0v) is 16.0. The van der Waals surface area contributed by atoms with E-state index in [0.717, 1.165) is 12.1 Å². The smallest absolute Gasteiger partial charge is 0.416 e. The monoisotopic (exact) mass is 448 g/mol. The number of nitrogens with one attached hydrogen (secondary N) is 2. The Bertz CT molecular complexity index is 918. The van der Waals surface area contributed by atoms with Gasteiger partial charge in [0.2, 0.25) is 0 Å². The number of amides is 2. The molecule has 0 aliphatic heterocycles. The van der Waals surface area contributed by atoms with E-state index in [1.165, 1.54) is 24.3 Å². The lowest BCUT2D eigenvalue weighted by molar-refractivity contribution is -0.146. The Morgan fingerprint density at radius 2 is 1.66 bits per heavy atom. The lowest BCUT2D eigenvalue weighted by atomic mass is 10.2. The number of hydrogen-bond acceptors (Lipinski definition) is 4. The molecule has 154 valence electrons. The van der Waals surface area contributed by atoms with Gasteiger partial charge in [0.15, 0.2) is 6.61 Å². The Labute approximate surface area is 172 Å². The van der Waals surface area contributed by atoms with Crippen molar-refractivity contribution in [2.45, 2.75) is 6.18 Å². The molecule has 29 heavy (non-hydrogen) atoms. The molecule has 0 atom stereocenters. The minimum atomic E-state index is -4.61. The molecular formula is C18H13Cl2F3N2O4. The van der Waals surface area contributed by atoms with E-state index in [1.807, 2.05) is 0 Å². The van der Waals surface area contributed by atoms with Crippen LogP contribution in [0.5, 0.6) is 0 Å². The van der Waals surface area contributed by atoms with Crippen molar-refractivity contribution in [3.63, 3.8) is 0 Å². The second-order valence-electron chi connectivity index (χ2n) is 5.59. The molecule has 0 fully saturated rings. The average Bonchev–Trinajstić information content (AvgIpc) is 2.66. The molecule has 2 aromatic carbocycles. The van der Waals surface area contributed by atoms with Crippen molar-refractivity contribution in [3.05, 3.63) is 63.6 Å². The molecular weight excluding hydrogens is 436 g/mol. The molecule has 0 spiro atoms. The summed E-state index contributed by atoms with van der Waals surface area (Å²) < 4.78 is 42.8. The minimum Gasteiger partial charge on any atom is -0.454 e. The van der Waals surface area contributed by atoms with Crippen LogP contribution in [0.2, 0.25) is 10.0 Å². The third-order valence-electron chi connectivity index (χ3n) is 3.43. The number of alkyl halides is 3. The van der Waals surface area contributed by atoms with Crippen LogP contribution in [0.1, 0.15) is 15.9 Å². The van der Waals surface area contributed by atoms with Gasteiger partial charge in [-0.25, -0.2) is 0 Å². The third-order valence-corrected chi connectivity index (χ3v) is 4.01. The fourth-order valence-electron chi connectivity index (χ4n) is 2.04. The van der Waals surface area contributed by atoms with Gasteiger partial charge in [0, 0.05) is 10.6 Å². The fourth-order valence-corrected chi connectivity index (χ4v) is 2.33. The number of carbonyl (C=O) groups excluding carboxylic acids is 3. The maximum atomic E-state index is 12.7. The zero-order chi connectivity index (χ0) is 21.6. The highest BCUT2D eigenvalue weighted by Gasteiger charge is 2.31. The summed E-state index contributed by atoms with van der Waals surface area (Å²) in [6.07, 6.45) is -4.61. The van der Waals surface area contributed by atoms with Gasteiger partial charge in [0.25, 0.3) is 11.8 Å². The Morgan fingerprint density at radius 3 is 2.28 bits per heavy atom. The molecule has 2 rings (SSSR count). The molecule has 11 heteroatoms. The van der Waals surface area contributed by atoms with E-state index in [2.05, 4.69) is 15.4 Å². The molecule has 0 saturated carbocycles. The van der Waals surface area contributed by atoms with Crippen LogP contribution in [0.4, 0.5) is 18.9 Å². The van der Waals surface area contributed by atoms with Crippen LogP contribution in [-0.4, -0.2) is 30.9 Å². The predicted molar refractivity (Wildman–Crippen MR) is 99.8 cm³/mol. The van der Waals surface area contributed by atoms with Crippen LogP contribution in [0, 0.1) is 0 Å². The van der Waals surface area contributed by atoms with Crippen molar-refractivity contribution in [2.24, 2.45) is 0 Å². The summed E-state index contributed by atoms with van der Waals surface area (Å²) in [5.41, 5.74) is -1.02. The van der Waals surface area contributed by atoms with E-state index in [9.17, 15) is 27.6 Å². The molecule has 2 N–H and O–H groups in total. The molecule has 6 nitrogen and oxygen atoms in total. The molecule has 0 bridgehead atoms. The number of rotatable bonds is 6. The van der Waals surface area contributed by atoms with E-state index in [0.29, 0.717) is 11.1 Å². The van der Waals surface area contributed by atoms with Crippen LogP contribution in [-0.2, 0) is 20.5 Å². The highest BCUT2D eigenvalue weighted by atomic mass is 35.5. The number of benzene rings is 2. The summed E-state index contributed by atoms with van der Waals surface area (Å²) >= 11 is 11.5. The SMILES string of the molecule is O=C(COC(=O)CNC(=O)c1ccc(Cl)cc1)Nc1cc(C(F)(F)F)ccc1Cl. The van der Waals surface area contributed by atoms with Crippen LogP contribution in [0.15, 0.2) is 42.5 Å². The standard InChI is InChI=1S/C18H13Cl2F3N2O4/c19-12-4-1-10(2-5-12)17(28)24-8-16(27)29-9-15(26)25-14-7-11(18(21,22)23)3-6-13(14)20/h1-7H,8-9H2,(H,24,28)(H,25,26). The van der Waals surface area contributed by atoms with E-state index < -0.39 is 42.7 Å². The molecule has 0 radical (unpaired) electrons. The van der Waals surface area contributed by atoms with Gasteiger partial charge >= 0.3 is 12.1 Å². The Balaban J connectivity index is 1.82. The first kappa shape index (κ1) is 22.5. The molecule has 2 amide bonds. The maximum Gasteiger partial charge on any atom is 0.416 e. The topological polar surface area (TPSA) is 84.5 Å². The molecule has 0 saturated heterocycles. The number of ether oxygens (including phenoxy) is 1. The van der Waals surface area contributed by atoms with E-state index in [1.54, 1.807) is 0 Å². The first-order chi connectivity index (χ1) is 13.6. The summed E-state index contributed by atoms with van der Waals surface area (Å²) in [5, 5.41) is 4.74. The number of carbonyl (C=O) groups is 3. The quantitative estimate of drug-likeness (QED) is 0.655. The lowest BCUT2D eigenvalue weighted by Crippen LogP contribution is -2.32. The third kappa shape index (κ3) is 6.95. The van der Waals surface area contributed by atoms with E-state index in [4.69, 9.17) is 23.2 Å². The van der Waals surface area contributed by atoms with Crippen molar-refractivity contribution in [1.29, 1.82) is 0 Å². The van der Waals surface area contributed by atoms with E-state index >= 15 is 0 Å². The van der Waals surface area contributed by atoms with Gasteiger partial charge in [-0.2, -0.15) is 13.2 Å². The van der Waals surface area contributed by atoms with Gasteiger partial charge in [-0.3, -0.25) is 14.4 Å². The summed E-state index contributed by atoms with van der Waals surface area (Å²) in [7, 11) is 0. The highest BCUT2D eigenvalue weighted by Crippen LogP contribution is 2.33. The van der Waals surface area contributed by atoms with Gasteiger partial charge in [0.05, 0.1) is 16.3 Å². The molecule has 2 aromatic rings. The lowest BCUT2D eigenvalue weighted by Gasteiger charge is -2.12. The van der Waals surface area contributed by atoms with Crippen LogP contribution >= 0.6 is 23.2 Å². The van der Waals surface area contributed by atoms with Gasteiger partial charge in [0.1, 0.15) is 6.54 Å². The van der Waals surface area contributed by atoms with Crippen LogP contribution in [0.3, 0.4) is 0 Å². The first-order valence-electron chi connectivity index (χ1n) is 7.92. The number of esters is 1. The fraction of sp³-hybridized carbons (Fsp3) is 0.167. The molecule has 0 aliphatic carbocycles. The van der Waals surface area contributed by atoms with Crippen molar-refractivity contribution >= 4 is 46.7 Å². The summed E-state index contributed by atoms with van der Waals surface area (Å²) in [4.78, 5) is 35.3. The van der Waals surface area contributed by atoms with Gasteiger partial charge < -0.3 is 15.4 Å². The summed E-state index contributed by atoms with van der Waals surface area (Å²) in [6, 6.07) is 8.31. The van der Waals surface area contributed by atoms with E-state index in [-0.39, 0.29) is 16.3 Å². The molecule has 0 aliphatic rings. The second kappa shape index (κ2) is 9.62. The second-order valence-corrected chi connectivity index (χ2v) is 6.43.